The van der Waals surface area contributed by atoms with Crippen LogP contribution in [0.25, 0.3) is 0 Å². The predicted molar refractivity (Wildman–Crippen MR) is 51.4 cm³/mol. The third-order valence-corrected chi connectivity index (χ3v) is 1.84. The van der Waals surface area contributed by atoms with Gasteiger partial charge in [0.25, 0.3) is 0 Å². The van der Waals surface area contributed by atoms with E-state index in [4.69, 9.17) is 9.84 Å². The molecule has 0 aromatic carbocycles. The lowest BCUT2D eigenvalue weighted by Crippen LogP contribution is -2.12. The van der Waals surface area contributed by atoms with Crippen LogP contribution in [-0.4, -0.2) is 22.7 Å². The van der Waals surface area contributed by atoms with Gasteiger partial charge in [0, 0.05) is 11.8 Å². The summed E-state index contributed by atoms with van der Waals surface area (Å²) in [4.78, 5) is 14.0. The average molecular weight is 213 g/mol. The van der Waals surface area contributed by atoms with Crippen molar-refractivity contribution in [2.75, 3.05) is 6.61 Å². The van der Waals surface area contributed by atoms with E-state index in [0.717, 1.165) is 6.20 Å². The van der Waals surface area contributed by atoms with Crippen molar-refractivity contribution in [1.29, 1.82) is 0 Å². The smallest absolute Gasteiger partial charge is 0.341 e. The van der Waals surface area contributed by atoms with Gasteiger partial charge in [0.15, 0.2) is 18.2 Å². The summed E-state index contributed by atoms with van der Waals surface area (Å²) in [5.74, 6) is -1.78. The Kier molecular flexibility index (Phi) is 3.60. The zero-order valence-corrected chi connectivity index (χ0v) is 8.53. The van der Waals surface area contributed by atoms with E-state index in [1.807, 2.05) is 13.8 Å². The molecule has 4 nitrogen and oxygen atoms in total. The standard InChI is InChI=1S/C10H12FNO3/c1-6(2)7-3-12-4-8(11)10(7)15-5-9(13)14/h3-4,6H,5H2,1-2H3,(H,13,14). The van der Waals surface area contributed by atoms with Crippen LogP contribution in [0.3, 0.4) is 0 Å². The third kappa shape index (κ3) is 2.90. The van der Waals surface area contributed by atoms with Crippen LogP contribution in [0.2, 0.25) is 0 Å². The van der Waals surface area contributed by atoms with Gasteiger partial charge in [-0.05, 0) is 5.92 Å². The fraction of sp³-hybridized carbons (Fsp3) is 0.400. The molecule has 0 saturated heterocycles. The van der Waals surface area contributed by atoms with Gasteiger partial charge in [-0.3, -0.25) is 4.98 Å². The van der Waals surface area contributed by atoms with Crippen LogP contribution in [0.5, 0.6) is 5.75 Å². The first kappa shape index (κ1) is 11.4. The van der Waals surface area contributed by atoms with Crippen molar-refractivity contribution in [3.05, 3.63) is 23.8 Å². The Labute approximate surface area is 86.7 Å². The molecule has 5 heteroatoms. The Hall–Kier alpha value is -1.65. The molecule has 0 atom stereocenters. The number of carboxylic acid groups (broad SMARTS) is 1. The molecule has 1 heterocycles. The first-order chi connectivity index (χ1) is 7.02. The fourth-order valence-electron chi connectivity index (χ4n) is 1.14. The van der Waals surface area contributed by atoms with E-state index in [1.165, 1.54) is 6.20 Å². The molecular weight excluding hydrogens is 201 g/mol. The highest BCUT2D eigenvalue weighted by Gasteiger charge is 2.14. The van der Waals surface area contributed by atoms with Gasteiger partial charge in [-0.25, -0.2) is 9.18 Å². The van der Waals surface area contributed by atoms with Crippen LogP contribution < -0.4 is 4.74 Å². The van der Waals surface area contributed by atoms with Crippen molar-refractivity contribution in [2.45, 2.75) is 19.8 Å². The van der Waals surface area contributed by atoms with E-state index >= 15 is 0 Å². The highest BCUT2D eigenvalue weighted by atomic mass is 19.1. The van der Waals surface area contributed by atoms with Gasteiger partial charge in [-0.1, -0.05) is 13.8 Å². The summed E-state index contributed by atoms with van der Waals surface area (Å²) in [6, 6.07) is 0. The summed E-state index contributed by atoms with van der Waals surface area (Å²) in [5.41, 5.74) is 0.566. The van der Waals surface area contributed by atoms with Gasteiger partial charge in [-0.15, -0.1) is 0 Å². The fourth-order valence-corrected chi connectivity index (χ4v) is 1.14. The highest BCUT2D eigenvalue weighted by molar-refractivity contribution is 5.68. The number of rotatable bonds is 4. The summed E-state index contributed by atoms with van der Waals surface area (Å²) in [6.45, 7) is 3.15. The minimum Gasteiger partial charge on any atom is -0.479 e. The molecule has 1 N–H and O–H groups in total. The van der Waals surface area contributed by atoms with E-state index in [2.05, 4.69) is 4.98 Å². The number of nitrogens with zero attached hydrogens (tertiary/aromatic N) is 1. The van der Waals surface area contributed by atoms with E-state index in [9.17, 15) is 9.18 Å². The SMILES string of the molecule is CC(C)c1cncc(F)c1OCC(=O)O. The van der Waals surface area contributed by atoms with Gasteiger partial charge < -0.3 is 9.84 Å². The van der Waals surface area contributed by atoms with Gasteiger partial charge in [-0.2, -0.15) is 0 Å². The van der Waals surface area contributed by atoms with Crippen LogP contribution in [0.15, 0.2) is 12.4 Å². The maximum atomic E-state index is 13.3. The number of ether oxygens (including phenoxy) is 1. The molecule has 82 valence electrons. The number of halogens is 1. The molecule has 0 bridgehead atoms. The van der Waals surface area contributed by atoms with Gasteiger partial charge in [0.2, 0.25) is 0 Å². The Bertz CT molecular complexity index is 366. The Morgan fingerprint density at radius 3 is 2.80 bits per heavy atom. The zero-order valence-electron chi connectivity index (χ0n) is 8.53. The van der Waals surface area contributed by atoms with Gasteiger partial charge in [0.1, 0.15) is 0 Å². The monoisotopic (exact) mass is 213 g/mol. The van der Waals surface area contributed by atoms with E-state index in [1.54, 1.807) is 0 Å². The molecule has 0 saturated carbocycles. The van der Waals surface area contributed by atoms with E-state index in [-0.39, 0.29) is 11.7 Å². The second kappa shape index (κ2) is 4.72. The maximum absolute atomic E-state index is 13.3. The van der Waals surface area contributed by atoms with Crippen molar-refractivity contribution in [3.8, 4) is 5.75 Å². The number of hydrogen-bond acceptors (Lipinski definition) is 3. The molecule has 0 aliphatic rings. The molecule has 15 heavy (non-hydrogen) atoms. The Balaban J connectivity index is 2.97. The highest BCUT2D eigenvalue weighted by Crippen LogP contribution is 2.27. The number of aromatic nitrogens is 1. The minimum atomic E-state index is -1.14. The van der Waals surface area contributed by atoms with Crippen molar-refractivity contribution in [2.24, 2.45) is 0 Å². The molecule has 0 radical (unpaired) electrons. The quantitative estimate of drug-likeness (QED) is 0.828. The lowest BCUT2D eigenvalue weighted by atomic mass is 10.0. The van der Waals surface area contributed by atoms with Crippen LogP contribution in [0.1, 0.15) is 25.3 Å². The topological polar surface area (TPSA) is 59.4 Å². The first-order valence-electron chi connectivity index (χ1n) is 4.50. The summed E-state index contributed by atoms with van der Waals surface area (Å²) >= 11 is 0. The van der Waals surface area contributed by atoms with E-state index < -0.39 is 18.4 Å². The van der Waals surface area contributed by atoms with Crippen LogP contribution in [-0.2, 0) is 4.79 Å². The largest absolute Gasteiger partial charge is 0.479 e. The van der Waals surface area contributed by atoms with Gasteiger partial charge in [0.05, 0.1) is 6.20 Å². The molecule has 1 rings (SSSR count). The Morgan fingerprint density at radius 1 is 1.60 bits per heavy atom. The predicted octanol–water partition coefficient (Wildman–Crippen LogP) is 1.81. The molecule has 0 aliphatic heterocycles. The first-order valence-corrected chi connectivity index (χ1v) is 4.50. The number of hydrogen-bond donors (Lipinski definition) is 1. The molecule has 0 spiro atoms. The molecule has 0 amide bonds. The third-order valence-electron chi connectivity index (χ3n) is 1.84. The Morgan fingerprint density at radius 2 is 2.27 bits per heavy atom. The van der Waals surface area contributed by atoms with Crippen molar-refractivity contribution < 1.29 is 19.0 Å². The number of pyridine rings is 1. The molecule has 1 aromatic heterocycles. The van der Waals surface area contributed by atoms with Crippen LogP contribution >= 0.6 is 0 Å². The molecule has 0 aliphatic carbocycles. The second-order valence-corrected chi connectivity index (χ2v) is 3.38. The summed E-state index contributed by atoms with van der Waals surface area (Å²) in [7, 11) is 0. The summed E-state index contributed by atoms with van der Waals surface area (Å²) < 4.78 is 18.2. The van der Waals surface area contributed by atoms with Crippen LogP contribution in [0, 0.1) is 5.82 Å². The molecular formula is C10H12FNO3. The summed E-state index contributed by atoms with van der Waals surface area (Å²) in [5, 5.41) is 8.43. The summed E-state index contributed by atoms with van der Waals surface area (Å²) in [6.07, 6.45) is 2.48. The molecule has 1 aromatic rings. The average Bonchev–Trinajstić information content (AvgIpc) is 2.15. The zero-order chi connectivity index (χ0) is 11.4. The van der Waals surface area contributed by atoms with Crippen molar-refractivity contribution >= 4 is 5.97 Å². The van der Waals surface area contributed by atoms with Gasteiger partial charge >= 0.3 is 5.97 Å². The molecule has 0 unspecified atom stereocenters. The maximum Gasteiger partial charge on any atom is 0.341 e. The lowest BCUT2D eigenvalue weighted by molar-refractivity contribution is -0.139. The number of carboxylic acids is 1. The van der Waals surface area contributed by atoms with Crippen molar-refractivity contribution in [1.82, 2.24) is 4.98 Å². The number of carbonyl (C=O) groups is 1. The second-order valence-electron chi connectivity index (χ2n) is 3.38. The minimum absolute atomic E-state index is 0.0250. The lowest BCUT2D eigenvalue weighted by Gasteiger charge is -2.12. The molecule has 0 fully saturated rings. The number of aliphatic carboxylic acids is 1. The normalized spacial score (nSPS) is 10.4. The van der Waals surface area contributed by atoms with E-state index in [0.29, 0.717) is 5.56 Å². The van der Waals surface area contributed by atoms with Crippen LogP contribution in [0.4, 0.5) is 4.39 Å². The van der Waals surface area contributed by atoms with Crippen molar-refractivity contribution in [3.63, 3.8) is 0 Å².